The van der Waals surface area contributed by atoms with E-state index in [1.54, 1.807) is 30.3 Å². The Kier molecular flexibility index (Phi) is 4.45. The summed E-state index contributed by atoms with van der Waals surface area (Å²) < 4.78 is 18.9. The van der Waals surface area contributed by atoms with E-state index in [0.29, 0.717) is 26.4 Å². The third kappa shape index (κ3) is 3.08. The molecule has 0 aliphatic carbocycles. The Hall–Kier alpha value is -1.10. The first-order valence-electron chi connectivity index (χ1n) is 5.49. The first kappa shape index (κ1) is 14.3. The molecule has 0 saturated heterocycles. The fourth-order valence-electron chi connectivity index (χ4n) is 1.72. The fourth-order valence-corrected chi connectivity index (χ4v) is 2.16. The number of hydrogen-bond acceptors (Lipinski definition) is 2. The maximum Gasteiger partial charge on any atom is 0.137 e. The normalized spacial score (nSPS) is 12.3. The molecule has 0 heterocycles. The molecule has 0 radical (unpaired) electrons. The molecule has 0 fully saturated rings. The summed E-state index contributed by atoms with van der Waals surface area (Å²) in [5.41, 5.74) is 1.05. The maximum atomic E-state index is 13.5. The van der Waals surface area contributed by atoms with Crippen molar-refractivity contribution in [2.24, 2.45) is 0 Å². The average molecular weight is 346 g/mol. The van der Waals surface area contributed by atoms with Gasteiger partial charge in [0.25, 0.3) is 0 Å². The van der Waals surface area contributed by atoms with Crippen LogP contribution in [0.2, 0.25) is 5.02 Å². The van der Waals surface area contributed by atoms with E-state index in [1.807, 2.05) is 0 Å². The van der Waals surface area contributed by atoms with Crippen molar-refractivity contribution in [3.05, 3.63) is 62.8 Å². The number of aliphatic hydroxyl groups is 1. The summed E-state index contributed by atoms with van der Waals surface area (Å²) in [7, 11) is 1.50. The highest BCUT2D eigenvalue weighted by atomic mass is 79.9. The summed E-state index contributed by atoms with van der Waals surface area (Å²) in [4.78, 5) is 0. The Balaban J connectivity index is 2.37. The van der Waals surface area contributed by atoms with Gasteiger partial charge in [-0.15, -0.1) is 0 Å². The van der Waals surface area contributed by atoms with E-state index in [2.05, 4.69) is 15.9 Å². The molecular formula is C14H11BrClFO2. The molecule has 19 heavy (non-hydrogen) atoms. The molecule has 0 aliphatic heterocycles. The lowest BCUT2D eigenvalue weighted by Gasteiger charge is -2.13. The summed E-state index contributed by atoms with van der Waals surface area (Å²) in [5.74, 6) is 0.0493. The molecule has 0 spiro atoms. The van der Waals surface area contributed by atoms with E-state index in [1.165, 1.54) is 13.2 Å². The van der Waals surface area contributed by atoms with Gasteiger partial charge in [0.05, 0.1) is 16.6 Å². The summed E-state index contributed by atoms with van der Waals surface area (Å²) in [6, 6.07) is 9.44. The van der Waals surface area contributed by atoms with Gasteiger partial charge in [-0.25, -0.2) is 4.39 Å². The molecule has 0 amide bonds. The molecule has 1 unspecified atom stereocenters. The molecule has 2 aromatic rings. The van der Waals surface area contributed by atoms with E-state index in [0.717, 1.165) is 0 Å². The Bertz CT molecular complexity index is 604. The first-order chi connectivity index (χ1) is 9.02. The number of hydrogen-bond donors (Lipinski definition) is 1. The van der Waals surface area contributed by atoms with Gasteiger partial charge in [0.2, 0.25) is 0 Å². The second-order valence-corrected chi connectivity index (χ2v) is 5.23. The van der Waals surface area contributed by atoms with Gasteiger partial charge < -0.3 is 9.84 Å². The van der Waals surface area contributed by atoms with Crippen LogP contribution in [0.5, 0.6) is 5.75 Å². The van der Waals surface area contributed by atoms with Crippen molar-refractivity contribution < 1.29 is 14.2 Å². The van der Waals surface area contributed by atoms with Crippen LogP contribution in [0.15, 0.2) is 40.9 Å². The Morgan fingerprint density at radius 2 is 1.84 bits per heavy atom. The molecule has 1 atom stereocenters. The van der Waals surface area contributed by atoms with Gasteiger partial charge in [-0.1, -0.05) is 23.7 Å². The summed E-state index contributed by atoms with van der Waals surface area (Å²) in [6.45, 7) is 0. The monoisotopic (exact) mass is 344 g/mol. The first-order valence-corrected chi connectivity index (χ1v) is 6.66. The molecule has 2 aromatic carbocycles. The summed E-state index contributed by atoms with van der Waals surface area (Å²) in [6.07, 6.45) is -0.936. The number of aliphatic hydroxyl groups excluding tert-OH is 1. The van der Waals surface area contributed by atoms with Crippen molar-refractivity contribution in [2.75, 3.05) is 7.11 Å². The van der Waals surface area contributed by atoms with Gasteiger partial charge in [0.15, 0.2) is 0 Å². The van der Waals surface area contributed by atoms with E-state index in [-0.39, 0.29) is 0 Å². The average Bonchev–Trinajstić information content (AvgIpc) is 2.41. The van der Waals surface area contributed by atoms with E-state index in [9.17, 15) is 9.50 Å². The number of rotatable bonds is 3. The molecule has 0 aliphatic rings. The second kappa shape index (κ2) is 5.90. The van der Waals surface area contributed by atoms with Crippen LogP contribution in [-0.2, 0) is 0 Å². The van der Waals surface area contributed by atoms with E-state index < -0.39 is 11.9 Å². The van der Waals surface area contributed by atoms with Crippen LogP contribution in [-0.4, -0.2) is 12.2 Å². The smallest absolute Gasteiger partial charge is 0.137 e. The van der Waals surface area contributed by atoms with Crippen molar-refractivity contribution in [1.82, 2.24) is 0 Å². The topological polar surface area (TPSA) is 29.5 Å². The van der Waals surface area contributed by atoms with Crippen LogP contribution in [0.25, 0.3) is 0 Å². The third-order valence-corrected chi connectivity index (χ3v) is 3.71. The molecule has 1 N–H and O–H groups in total. The predicted octanol–water partition coefficient (Wildman–Crippen LogP) is 4.33. The molecule has 5 heteroatoms. The number of ether oxygens (including phenoxy) is 1. The Morgan fingerprint density at radius 1 is 1.21 bits per heavy atom. The molecule has 100 valence electrons. The van der Waals surface area contributed by atoms with Crippen LogP contribution in [0, 0.1) is 5.82 Å². The lowest BCUT2D eigenvalue weighted by molar-refractivity contribution is 0.219. The van der Waals surface area contributed by atoms with Gasteiger partial charge in [0.1, 0.15) is 17.7 Å². The molecule has 2 rings (SSSR count). The van der Waals surface area contributed by atoms with Crippen molar-refractivity contribution in [3.63, 3.8) is 0 Å². The molecule has 0 bridgehead atoms. The molecule has 0 aromatic heterocycles. The van der Waals surface area contributed by atoms with E-state index >= 15 is 0 Å². The Morgan fingerprint density at radius 3 is 2.47 bits per heavy atom. The van der Waals surface area contributed by atoms with Crippen LogP contribution >= 0.6 is 27.5 Å². The van der Waals surface area contributed by atoms with Crippen LogP contribution in [0.1, 0.15) is 17.2 Å². The zero-order valence-corrected chi connectivity index (χ0v) is 12.4. The number of methoxy groups -OCH3 is 1. The summed E-state index contributed by atoms with van der Waals surface area (Å²) >= 11 is 8.99. The number of benzene rings is 2. The predicted molar refractivity (Wildman–Crippen MR) is 76.2 cm³/mol. The van der Waals surface area contributed by atoms with Crippen LogP contribution in [0.4, 0.5) is 4.39 Å². The zero-order chi connectivity index (χ0) is 14.0. The lowest BCUT2D eigenvalue weighted by Crippen LogP contribution is -2.01. The zero-order valence-electron chi connectivity index (χ0n) is 10.0. The minimum atomic E-state index is -0.936. The highest BCUT2D eigenvalue weighted by molar-refractivity contribution is 9.10. The number of halogens is 3. The lowest BCUT2D eigenvalue weighted by atomic mass is 10.0. The standard InChI is InChI=1S/C14H11BrClFO2/c1-19-13-7-9(3-5-11(13)16)14(18)8-2-4-10(15)12(17)6-8/h2-7,14,18H,1H3. The highest BCUT2D eigenvalue weighted by Gasteiger charge is 2.14. The van der Waals surface area contributed by atoms with Gasteiger partial charge in [-0.3, -0.25) is 0 Å². The van der Waals surface area contributed by atoms with Crippen molar-refractivity contribution in [1.29, 1.82) is 0 Å². The van der Waals surface area contributed by atoms with Crippen molar-refractivity contribution in [3.8, 4) is 5.75 Å². The van der Waals surface area contributed by atoms with Crippen molar-refractivity contribution in [2.45, 2.75) is 6.10 Å². The van der Waals surface area contributed by atoms with Gasteiger partial charge in [-0.05, 0) is 51.3 Å². The molecular weight excluding hydrogens is 335 g/mol. The minimum absolute atomic E-state index is 0.358. The van der Waals surface area contributed by atoms with Gasteiger partial charge >= 0.3 is 0 Å². The van der Waals surface area contributed by atoms with Gasteiger partial charge in [-0.2, -0.15) is 0 Å². The van der Waals surface area contributed by atoms with E-state index in [4.69, 9.17) is 16.3 Å². The Labute approximate surface area is 123 Å². The maximum absolute atomic E-state index is 13.5. The molecule has 0 saturated carbocycles. The second-order valence-electron chi connectivity index (χ2n) is 3.97. The molecule has 2 nitrogen and oxygen atoms in total. The summed E-state index contributed by atoms with van der Waals surface area (Å²) in [5, 5.41) is 10.7. The minimum Gasteiger partial charge on any atom is -0.495 e. The van der Waals surface area contributed by atoms with Crippen LogP contribution < -0.4 is 4.74 Å². The SMILES string of the molecule is COc1cc(C(O)c2ccc(Br)c(F)c2)ccc1Cl. The third-order valence-electron chi connectivity index (χ3n) is 2.75. The highest BCUT2D eigenvalue weighted by Crippen LogP contribution is 2.31. The van der Waals surface area contributed by atoms with Crippen molar-refractivity contribution >= 4 is 27.5 Å². The van der Waals surface area contributed by atoms with Gasteiger partial charge in [0, 0.05) is 0 Å². The largest absolute Gasteiger partial charge is 0.495 e. The quantitative estimate of drug-likeness (QED) is 0.897. The van der Waals surface area contributed by atoms with Crippen LogP contribution in [0.3, 0.4) is 0 Å². The fraction of sp³-hybridized carbons (Fsp3) is 0.143.